The first-order chi connectivity index (χ1) is 15.0. The molecule has 6 heteroatoms. The van der Waals surface area contributed by atoms with Crippen LogP contribution in [-0.2, 0) is 24.3 Å². The summed E-state index contributed by atoms with van der Waals surface area (Å²) in [7, 11) is 0. The van der Waals surface area contributed by atoms with E-state index in [0.717, 1.165) is 23.4 Å². The average molecular weight is 421 g/mol. The van der Waals surface area contributed by atoms with E-state index in [1.807, 2.05) is 30.5 Å². The van der Waals surface area contributed by atoms with Crippen molar-refractivity contribution in [2.24, 2.45) is 0 Å². The number of rotatable bonds is 8. The van der Waals surface area contributed by atoms with Crippen LogP contribution in [0.1, 0.15) is 32.0 Å². The van der Waals surface area contributed by atoms with E-state index in [2.05, 4.69) is 48.3 Å². The zero-order chi connectivity index (χ0) is 21.8. The molecule has 1 atom stereocenters. The Hall–Kier alpha value is -3.12. The first kappa shape index (κ1) is 21.1. The standard InChI is InChI=1S/C25H28N2O4/c1-4-18-5-7-19(8-6-18)20-9-11-22(12-10-20)30-16-23-14-27-21(15-29-17(2)3)13-24(28)26-25(27)31-23/h5-13,17,23H,4,14-16H2,1-3H3. The Bertz CT molecular complexity index is 1070. The fourth-order valence-corrected chi connectivity index (χ4v) is 3.53. The van der Waals surface area contributed by atoms with Gasteiger partial charge in [-0.3, -0.25) is 9.36 Å². The predicted octanol–water partition coefficient (Wildman–Crippen LogP) is 4.24. The van der Waals surface area contributed by atoms with Crippen LogP contribution in [0.3, 0.4) is 0 Å². The first-order valence-electron chi connectivity index (χ1n) is 10.7. The molecule has 1 aliphatic rings. The van der Waals surface area contributed by atoms with Crippen molar-refractivity contribution in [1.82, 2.24) is 9.55 Å². The van der Waals surface area contributed by atoms with Gasteiger partial charge in [-0.1, -0.05) is 43.3 Å². The second-order valence-electron chi connectivity index (χ2n) is 7.96. The van der Waals surface area contributed by atoms with Crippen LogP contribution in [0.4, 0.5) is 0 Å². The van der Waals surface area contributed by atoms with Crippen LogP contribution in [0.25, 0.3) is 11.1 Å². The van der Waals surface area contributed by atoms with Gasteiger partial charge < -0.3 is 14.2 Å². The number of ether oxygens (including phenoxy) is 3. The fraction of sp³-hybridized carbons (Fsp3) is 0.360. The van der Waals surface area contributed by atoms with Crippen LogP contribution < -0.4 is 15.0 Å². The number of nitrogens with zero attached hydrogens (tertiary/aromatic N) is 2. The monoisotopic (exact) mass is 420 g/mol. The predicted molar refractivity (Wildman–Crippen MR) is 120 cm³/mol. The SMILES string of the molecule is CCc1ccc(-c2ccc(OCC3Cn4c(COC(C)C)cc(=O)nc4O3)cc2)cc1. The lowest BCUT2D eigenvalue weighted by Crippen LogP contribution is -2.23. The van der Waals surface area contributed by atoms with Gasteiger partial charge in [0.05, 0.1) is 24.9 Å². The van der Waals surface area contributed by atoms with Crippen LogP contribution in [0.5, 0.6) is 11.8 Å². The third-order valence-corrected chi connectivity index (χ3v) is 5.28. The summed E-state index contributed by atoms with van der Waals surface area (Å²) >= 11 is 0. The Morgan fingerprint density at radius 2 is 1.77 bits per heavy atom. The van der Waals surface area contributed by atoms with Gasteiger partial charge in [0.15, 0.2) is 6.10 Å². The van der Waals surface area contributed by atoms with Crippen molar-refractivity contribution in [3.63, 3.8) is 0 Å². The van der Waals surface area contributed by atoms with E-state index in [0.29, 0.717) is 25.8 Å². The van der Waals surface area contributed by atoms with Crippen LogP contribution in [0, 0.1) is 0 Å². The highest BCUT2D eigenvalue weighted by atomic mass is 16.6. The van der Waals surface area contributed by atoms with Gasteiger partial charge in [0.1, 0.15) is 12.4 Å². The largest absolute Gasteiger partial charge is 0.490 e. The van der Waals surface area contributed by atoms with E-state index in [4.69, 9.17) is 14.2 Å². The summed E-state index contributed by atoms with van der Waals surface area (Å²) in [4.78, 5) is 15.9. The number of aromatic nitrogens is 2. The van der Waals surface area contributed by atoms with Gasteiger partial charge in [0.25, 0.3) is 5.56 Å². The third kappa shape index (κ3) is 5.14. The van der Waals surface area contributed by atoms with Gasteiger partial charge in [-0.2, -0.15) is 4.98 Å². The smallest absolute Gasteiger partial charge is 0.300 e. The molecule has 2 aromatic carbocycles. The number of fused-ring (bicyclic) bond motifs is 1. The molecule has 0 amide bonds. The second-order valence-corrected chi connectivity index (χ2v) is 7.96. The second kappa shape index (κ2) is 9.35. The van der Waals surface area contributed by atoms with E-state index < -0.39 is 0 Å². The Balaban J connectivity index is 1.37. The van der Waals surface area contributed by atoms with Gasteiger partial charge in [0.2, 0.25) is 0 Å². The highest BCUT2D eigenvalue weighted by molar-refractivity contribution is 5.64. The van der Waals surface area contributed by atoms with Gasteiger partial charge in [-0.15, -0.1) is 0 Å². The summed E-state index contributed by atoms with van der Waals surface area (Å²) < 4.78 is 19.3. The average Bonchev–Trinajstić information content (AvgIpc) is 3.19. The summed E-state index contributed by atoms with van der Waals surface area (Å²) in [6.45, 7) is 7.36. The quantitative estimate of drug-likeness (QED) is 0.546. The molecule has 1 aliphatic heterocycles. The zero-order valence-electron chi connectivity index (χ0n) is 18.2. The lowest BCUT2D eigenvalue weighted by Gasteiger charge is -2.12. The van der Waals surface area contributed by atoms with E-state index in [1.54, 1.807) is 0 Å². The van der Waals surface area contributed by atoms with Crippen molar-refractivity contribution in [2.75, 3.05) is 6.61 Å². The maximum absolute atomic E-state index is 11.9. The minimum absolute atomic E-state index is 0.0773. The molecular formula is C25H28N2O4. The maximum atomic E-state index is 11.9. The number of hydrogen-bond donors (Lipinski definition) is 0. The molecule has 0 N–H and O–H groups in total. The molecule has 162 valence electrons. The minimum Gasteiger partial charge on any atom is -0.490 e. The molecule has 0 saturated carbocycles. The lowest BCUT2D eigenvalue weighted by molar-refractivity contribution is 0.0613. The van der Waals surface area contributed by atoms with E-state index in [9.17, 15) is 4.79 Å². The van der Waals surface area contributed by atoms with E-state index in [-0.39, 0.29) is 17.8 Å². The molecule has 0 saturated heterocycles. The highest BCUT2D eigenvalue weighted by Gasteiger charge is 2.26. The summed E-state index contributed by atoms with van der Waals surface area (Å²) in [5.41, 5.74) is 4.11. The Morgan fingerprint density at radius 1 is 1.10 bits per heavy atom. The third-order valence-electron chi connectivity index (χ3n) is 5.28. The van der Waals surface area contributed by atoms with Gasteiger partial charge >= 0.3 is 6.01 Å². The van der Waals surface area contributed by atoms with Crippen molar-refractivity contribution in [2.45, 2.75) is 52.6 Å². The Kier molecular flexibility index (Phi) is 6.37. The maximum Gasteiger partial charge on any atom is 0.300 e. The van der Waals surface area contributed by atoms with Crippen LogP contribution in [0.2, 0.25) is 0 Å². The summed E-state index contributed by atoms with van der Waals surface area (Å²) in [6.07, 6.45) is 0.901. The molecule has 3 aromatic rings. The molecule has 0 spiro atoms. The number of benzene rings is 2. The molecule has 1 aromatic heterocycles. The van der Waals surface area contributed by atoms with Gasteiger partial charge in [0, 0.05) is 6.07 Å². The van der Waals surface area contributed by atoms with E-state index >= 15 is 0 Å². The molecule has 0 fully saturated rings. The molecule has 31 heavy (non-hydrogen) atoms. The van der Waals surface area contributed by atoms with Crippen molar-refractivity contribution < 1.29 is 14.2 Å². The first-order valence-corrected chi connectivity index (χ1v) is 10.7. The summed E-state index contributed by atoms with van der Waals surface area (Å²) in [5, 5.41) is 0. The molecule has 6 nitrogen and oxygen atoms in total. The van der Waals surface area contributed by atoms with E-state index in [1.165, 1.54) is 17.2 Å². The van der Waals surface area contributed by atoms with Crippen LogP contribution in [0.15, 0.2) is 59.4 Å². The van der Waals surface area contributed by atoms with Crippen molar-refractivity contribution in [3.8, 4) is 22.9 Å². The minimum atomic E-state index is -0.322. The molecule has 0 aliphatic carbocycles. The number of aryl methyl sites for hydroxylation is 1. The van der Waals surface area contributed by atoms with Crippen LogP contribution >= 0.6 is 0 Å². The molecule has 0 bridgehead atoms. The molecular weight excluding hydrogens is 392 g/mol. The zero-order valence-corrected chi connectivity index (χ0v) is 18.2. The topological polar surface area (TPSA) is 62.6 Å². The highest BCUT2D eigenvalue weighted by Crippen LogP contribution is 2.25. The van der Waals surface area contributed by atoms with Crippen molar-refractivity contribution in [1.29, 1.82) is 0 Å². The van der Waals surface area contributed by atoms with Crippen molar-refractivity contribution in [3.05, 3.63) is 76.2 Å². The molecule has 0 radical (unpaired) electrons. The fourth-order valence-electron chi connectivity index (χ4n) is 3.53. The van der Waals surface area contributed by atoms with Gasteiger partial charge in [-0.25, -0.2) is 0 Å². The summed E-state index contributed by atoms with van der Waals surface area (Å²) in [5.74, 6) is 0.777. The van der Waals surface area contributed by atoms with Crippen molar-refractivity contribution >= 4 is 0 Å². The van der Waals surface area contributed by atoms with Gasteiger partial charge in [-0.05, 0) is 49.1 Å². The lowest BCUT2D eigenvalue weighted by atomic mass is 10.0. The molecule has 4 rings (SSSR count). The molecule has 2 heterocycles. The normalized spacial score (nSPS) is 15.0. The molecule has 1 unspecified atom stereocenters. The summed E-state index contributed by atoms with van der Waals surface area (Å²) in [6, 6.07) is 18.5. The Morgan fingerprint density at radius 3 is 2.42 bits per heavy atom. The van der Waals surface area contributed by atoms with Crippen LogP contribution in [-0.4, -0.2) is 28.4 Å². The number of hydrogen-bond acceptors (Lipinski definition) is 5. The Labute approximate surface area is 182 Å².